The molecule has 0 saturated carbocycles. The van der Waals surface area contributed by atoms with Crippen LogP contribution in [0, 0.1) is 3.82 Å². The van der Waals surface area contributed by atoms with E-state index in [1.54, 1.807) is 0 Å². The zero-order chi connectivity index (χ0) is 14.5. The molecule has 106 valence electrons. The van der Waals surface area contributed by atoms with Gasteiger partial charge in [0.15, 0.2) is 0 Å². The Hall–Kier alpha value is -0.000000000000000222. The molecular weight excluding hydrogens is 363 g/mol. The van der Waals surface area contributed by atoms with Crippen molar-refractivity contribution in [1.82, 2.24) is 0 Å². The Balaban J connectivity index is 0.00000161. The summed E-state index contributed by atoms with van der Waals surface area (Å²) in [5, 5.41) is 0. The Morgan fingerprint density at radius 2 is 2.10 bits per heavy atom. The van der Waals surface area contributed by atoms with Crippen LogP contribution < -0.4 is 39.0 Å². The number of hydrogen-bond donors (Lipinski definition) is 0. The van der Waals surface area contributed by atoms with E-state index < -0.39 is 10.1 Å². The van der Waals surface area contributed by atoms with E-state index in [1.807, 2.05) is 0 Å². The van der Waals surface area contributed by atoms with Gasteiger partial charge in [0.25, 0.3) is 0 Å². The van der Waals surface area contributed by atoms with Crippen molar-refractivity contribution in [1.29, 1.82) is 0 Å². The van der Waals surface area contributed by atoms with Crippen LogP contribution in [0.2, 0.25) is 0 Å². The molecule has 0 N–H and O–H groups in total. The second kappa shape index (κ2) is 6.25. The van der Waals surface area contributed by atoms with E-state index in [0.29, 0.717) is 17.9 Å². The Morgan fingerprint density at radius 3 is 2.71 bits per heavy atom. The van der Waals surface area contributed by atoms with E-state index in [1.165, 1.54) is 39.9 Å². The summed E-state index contributed by atoms with van der Waals surface area (Å²) in [6.07, 6.45) is 0. The summed E-state index contributed by atoms with van der Waals surface area (Å²) < 4.78 is 45.2. The zero-order valence-corrected chi connectivity index (χ0v) is 16.3. The largest absolute Gasteiger partial charge is 1.00 e. The van der Waals surface area contributed by atoms with Crippen LogP contribution in [0.4, 0.5) is 0 Å². The topological polar surface area (TPSA) is 75.7 Å². The van der Waals surface area contributed by atoms with E-state index in [4.69, 9.17) is 21.7 Å². The van der Waals surface area contributed by atoms with Crippen molar-refractivity contribution in [2.75, 3.05) is 7.11 Å². The molecular formula is C11H7NaO5S4. The average molecular weight is 370 g/mol. The van der Waals surface area contributed by atoms with Crippen molar-refractivity contribution >= 4 is 43.0 Å². The van der Waals surface area contributed by atoms with Crippen molar-refractivity contribution in [2.45, 2.75) is 11.5 Å². The van der Waals surface area contributed by atoms with Gasteiger partial charge >= 0.3 is 29.6 Å². The standard InChI is InChI=1S/C11H8O5S4.Na/c1-15-8-3-7-5(2-9(8)20(12,13)14)10-6(4-16-7)11(17)19-18-10;/h2-3H,4H2,1H3,(H,12,13,14);/q;+1/p-1. The molecule has 0 amide bonds. The molecule has 0 radical (unpaired) electrons. The molecule has 0 atom stereocenters. The van der Waals surface area contributed by atoms with Crippen LogP contribution in [-0.2, 0) is 16.7 Å². The molecule has 2 heterocycles. The molecule has 2 aromatic rings. The Morgan fingerprint density at radius 1 is 1.38 bits per heavy atom. The van der Waals surface area contributed by atoms with Gasteiger partial charge in [0, 0.05) is 17.2 Å². The SMILES string of the molecule is COc1cc2c(cc1S(=O)(=O)[O-])-c1ssc(=S)c1CO2.[Na+]. The maximum absolute atomic E-state index is 11.3. The Bertz CT molecular complexity index is 852. The normalized spacial score (nSPS) is 12.7. The van der Waals surface area contributed by atoms with Crippen LogP contribution in [0.5, 0.6) is 11.5 Å². The number of methoxy groups -OCH3 is 1. The Kier molecular flexibility index (Phi) is 5.16. The van der Waals surface area contributed by atoms with Gasteiger partial charge in [-0.15, -0.1) is 0 Å². The molecule has 1 aliphatic heterocycles. The van der Waals surface area contributed by atoms with E-state index in [9.17, 15) is 13.0 Å². The van der Waals surface area contributed by atoms with E-state index >= 15 is 0 Å². The predicted molar refractivity (Wildman–Crippen MR) is 77.3 cm³/mol. The maximum Gasteiger partial charge on any atom is 1.00 e. The quantitative estimate of drug-likeness (QED) is 0.321. The maximum atomic E-state index is 11.3. The third kappa shape index (κ3) is 3.06. The molecule has 10 heteroatoms. The first-order valence-corrected chi connectivity index (χ1v) is 9.31. The van der Waals surface area contributed by atoms with Crippen LogP contribution in [0.3, 0.4) is 0 Å². The van der Waals surface area contributed by atoms with Crippen LogP contribution >= 0.6 is 32.9 Å². The van der Waals surface area contributed by atoms with Crippen molar-refractivity contribution in [3.8, 4) is 21.9 Å². The fraction of sp³-hybridized carbons (Fsp3) is 0.182. The summed E-state index contributed by atoms with van der Waals surface area (Å²) in [5.74, 6) is 0.479. The number of hydrogen-bond acceptors (Lipinski definition) is 8. The van der Waals surface area contributed by atoms with E-state index in [0.717, 1.165) is 14.3 Å². The van der Waals surface area contributed by atoms with Gasteiger partial charge < -0.3 is 14.0 Å². The van der Waals surface area contributed by atoms with Crippen molar-refractivity contribution in [3.63, 3.8) is 0 Å². The molecule has 21 heavy (non-hydrogen) atoms. The second-order valence-electron chi connectivity index (χ2n) is 4.00. The smallest absolute Gasteiger partial charge is 0.744 e. The number of ether oxygens (including phenoxy) is 2. The third-order valence-corrected chi connectivity index (χ3v) is 6.91. The van der Waals surface area contributed by atoms with Crippen LogP contribution in [0.25, 0.3) is 10.4 Å². The fourth-order valence-electron chi connectivity index (χ4n) is 1.95. The first kappa shape index (κ1) is 17.4. The van der Waals surface area contributed by atoms with Crippen LogP contribution in [0.15, 0.2) is 17.0 Å². The average Bonchev–Trinajstić information content (AvgIpc) is 2.78. The zero-order valence-electron chi connectivity index (χ0n) is 11.0. The molecule has 0 saturated heterocycles. The molecule has 1 aromatic carbocycles. The first-order chi connectivity index (χ1) is 9.41. The molecule has 0 fully saturated rings. The molecule has 5 nitrogen and oxygen atoms in total. The molecule has 0 unspecified atom stereocenters. The van der Waals surface area contributed by atoms with Gasteiger partial charge in [-0.2, -0.15) is 0 Å². The summed E-state index contributed by atoms with van der Waals surface area (Å²) in [6, 6.07) is 2.73. The minimum absolute atomic E-state index is 0. The molecule has 0 aliphatic carbocycles. The van der Waals surface area contributed by atoms with Gasteiger partial charge in [0.05, 0.1) is 16.9 Å². The summed E-state index contributed by atoms with van der Waals surface area (Å²) in [7, 11) is -0.447. The first-order valence-electron chi connectivity index (χ1n) is 5.35. The molecule has 1 aromatic heterocycles. The van der Waals surface area contributed by atoms with E-state index in [2.05, 4.69) is 0 Å². The predicted octanol–water partition coefficient (Wildman–Crippen LogP) is 0.0152. The summed E-state index contributed by atoms with van der Waals surface area (Å²) in [4.78, 5) is 0.466. The summed E-state index contributed by atoms with van der Waals surface area (Å²) >= 11 is 5.20. The summed E-state index contributed by atoms with van der Waals surface area (Å²) in [5.41, 5.74) is 1.43. The van der Waals surface area contributed by atoms with Gasteiger partial charge in [-0.3, -0.25) is 0 Å². The second-order valence-corrected chi connectivity index (χ2v) is 8.17. The fourth-order valence-corrected chi connectivity index (χ4v) is 5.48. The molecule has 0 spiro atoms. The minimum atomic E-state index is -4.62. The van der Waals surface area contributed by atoms with Crippen molar-refractivity contribution in [3.05, 3.63) is 21.5 Å². The van der Waals surface area contributed by atoms with Crippen LogP contribution in [0.1, 0.15) is 5.56 Å². The van der Waals surface area contributed by atoms with Gasteiger partial charge in [-0.05, 0) is 6.07 Å². The third-order valence-electron chi connectivity index (χ3n) is 2.87. The molecule has 0 bridgehead atoms. The number of benzene rings is 1. The van der Waals surface area contributed by atoms with Gasteiger partial charge in [0.2, 0.25) is 0 Å². The minimum Gasteiger partial charge on any atom is -0.744 e. The van der Waals surface area contributed by atoms with Crippen molar-refractivity contribution < 1.29 is 52.0 Å². The number of fused-ring (bicyclic) bond motifs is 3. The van der Waals surface area contributed by atoms with Gasteiger partial charge in [-0.1, -0.05) is 32.9 Å². The summed E-state index contributed by atoms with van der Waals surface area (Å²) in [6.45, 7) is 0.341. The van der Waals surface area contributed by atoms with Crippen LogP contribution in [-0.4, -0.2) is 20.1 Å². The number of rotatable bonds is 2. The molecule has 1 aliphatic rings. The van der Waals surface area contributed by atoms with Gasteiger partial charge in [0.1, 0.15) is 32.0 Å². The molecule has 3 rings (SSSR count). The van der Waals surface area contributed by atoms with Gasteiger partial charge in [-0.25, -0.2) is 8.42 Å². The van der Waals surface area contributed by atoms with Crippen molar-refractivity contribution in [2.24, 2.45) is 0 Å². The van der Waals surface area contributed by atoms with E-state index in [-0.39, 0.29) is 40.2 Å². The Labute approximate surface area is 156 Å². The monoisotopic (exact) mass is 370 g/mol.